The van der Waals surface area contributed by atoms with Crippen molar-refractivity contribution < 1.29 is 9.53 Å². The molecule has 146 valence electrons. The molecule has 1 heterocycles. The van der Waals surface area contributed by atoms with Crippen molar-refractivity contribution in [2.24, 2.45) is 0 Å². The van der Waals surface area contributed by atoms with Crippen LogP contribution in [0.3, 0.4) is 0 Å². The molecule has 1 N–H and O–H groups in total. The van der Waals surface area contributed by atoms with Crippen LogP contribution in [0.4, 0.5) is 4.79 Å². The number of nitrogens with zero attached hydrogens (tertiary/aromatic N) is 2. The van der Waals surface area contributed by atoms with Gasteiger partial charge in [0.2, 0.25) is 0 Å². The van der Waals surface area contributed by atoms with Crippen molar-refractivity contribution in [3.63, 3.8) is 0 Å². The van der Waals surface area contributed by atoms with E-state index in [-0.39, 0.29) is 5.56 Å². The zero-order valence-corrected chi connectivity index (χ0v) is 16.8. The third-order valence-corrected chi connectivity index (χ3v) is 4.21. The summed E-state index contributed by atoms with van der Waals surface area (Å²) in [5, 5.41) is 3.31. The van der Waals surface area contributed by atoms with E-state index < -0.39 is 17.7 Å². The number of benzene rings is 2. The van der Waals surface area contributed by atoms with Crippen LogP contribution in [0.1, 0.15) is 45.1 Å². The van der Waals surface area contributed by atoms with Crippen molar-refractivity contribution in [2.45, 2.75) is 46.3 Å². The SMILES string of the molecule is Cc1ccc(-n2c([C@H](C)NC(=O)OC(C)(C)C)nc3ccccc3c2=O)cc1. The number of ether oxygens (including phenoxy) is 1. The molecule has 2 aromatic carbocycles. The fourth-order valence-corrected chi connectivity index (χ4v) is 2.93. The van der Waals surface area contributed by atoms with E-state index in [0.29, 0.717) is 22.4 Å². The van der Waals surface area contributed by atoms with Gasteiger partial charge in [0.1, 0.15) is 11.4 Å². The predicted molar refractivity (Wildman–Crippen MR) is 110 cm³/mol. The molecule has 6 heteroatoms. The highest BCUT2D eigenvalue weighted by molar-refractivity contribution is 5.78. The molecule has 0 fully saturated rings. The van der Waals surface area contributed by atoms with Crippen LogP contribution in [0, 0.1) is 6.92 Å². The highest BCUT2D eigenvalue weighted by atomic mass is 16.6. The Balaban J connectivity index is 2.12. The molecule has 0 spiro atoms. The molecule has 3 aromatic rings. The average molecular weight is 379 g/mol. The molecule has 0 saturated carbocycles. The molecule has 3 rings (SSSR count). The normalized spacial score (nSPS) is 12.6. The van der Waals surface area contributed by atoms with E-state index in [0.717, 1.165) is 5.56 Å². The van der Waals surface area contributed by atoms with Gasteiger partial charge in [-0.3, -0.25) is 9.36 Å². The highest BCUT2D eigenvalue weighted by Gasteiger charge is 2.22. The van der Waals surface area contributed by atoms with Crippen LogP contribution in [0.15, 0.2) is 53.3 Å². The maximum Gasteiger partial charge on any atom is 0.408 e. The van der Waals surface area contributed by atoms with Gasteiger partial charge in [-0.2, -0.15) is 0 Å². The fourth-order valence-electron chi connectivity index (χ4n) is 2.93. The van der Waals surface area contributed by atoms with E-state index >= 15 is 0 Å². The molecule has 1 aromatic heterocycles. The van der Waals surface area contributed by atoms with E-state index in [9.17, 15) is 9.59 Å². The molecule has 6 nitrogen and oxygen atoms in total. The van der Waals surface area contributed by atoms with Gasteiger partial charge >= 0.3 is 6.09 Å². The lowest BCUT2D eigenvalue weighted by molar-refractivity contribution is 0.0505. The molecule has 1 amide bonds. The summed E-state index contributed by atoms with van der Waals surface area (Å²) in [7, 11) is 0. The molecule has 28 heavy (non-hydrogen) atoms. The number of aryl methyl sites for hydroxylation is 1. The second-order valence-electron chi connectivity index (χ2n) is 7.83. The molecule has 0 aliphatic heterocycles. The topological polar surface area (TPSA) is 73.2 Å². The lowest BCUT2D eigenvalue weighted by Crippen LogP contribution is -2.36. The van der Waals surface area contributed by atoms with E-state index in [1.54, 1.807) is 44.4 Å². The zero-order chi connectivity index (χ0) is 20.5. The van der Waals surface area contributed by atoms with Crippen molar-refractivity contribution in [2.75, 3.05) is 0 Å². The largest absolute Gasteiger partial charge is 0.444 e. The van der Waals surface area contributed by atoms with Crippen LogP contribution in [0.5, 0.6) is 0 Å². The Morgan fingerprint density at radius 3 is 2.39 bits per heavy atom. The Labute approximate surface area is 164 Å². The first-order valence-electron chi connectivity index (χ1n) is 9.24. The number of rotatable bonds is 3. The summed E-state index contributed by atoms with van der Waals surface area (Å²) in [6.07, 6.45) is -0.558. The van der Waals surface area contributed by atoms with Crippen LogP contribution < -0.4 is 10.9 Å². The number of nitrogens with one attached hydrogen (secondary N) is 1. The number of alkyl carbamates (subject to hydrolysis) is 1. The summed E-state index contributed by atoms with van der Waals surface area (Å²) in [5.74, 6) is 0.443. The minimum Gasteiger partial charge on any atom is -0.444 e. The second-order valence-corrected chi connectivity index (χ2v) is 7.83. The minimum atomic E-state index is -0.614. The van der Waals surface area contributed by atoms with Gasteiger partial charge in [0.25, 0.3) is 5.56 Å². The number of amides is 1. The van der Waals surface area contributed by atoms with Crippen LogP contribution >= 0.6 is 0 Å². The fraction of sp³-hybridized carbons (Fsp3) is 0.318. The van der Waals surface area contributed by atoms with E-state index in [4.69, 9.17) is 4.74 Å². The molecular weight excluding hydrogens is 354 g/mol. The maximum atomic E-state index is 13.2. The quantitative estimate of drug-likeness (QED) is 0.737. The van der Waals surface area contributed by atoms with Gasteiger partial charge in [0.05, 0.1) is 22.6 Å². The Morgan fingerprint density at radius 1 is 1.11 bits per heavy atom. The minimum absolute atomic E-state index is 0.178. The van der Waals surface area contributed by atoms with Gasteiger partial charge in [0, 0.05) is 0 Å². The first-order chi connectivity index (χ1) is 13.2. The molecule has 0 radical (unpaired) electrons. The Morgan fingerprint density at radius 2 is 1.75 bits per heavy atom. The van der Waals surface area contributed by atoms with Gasteiger partial charge in [-0.25, -0.2) is 9.78 Å². The van der Waals surface area contributed by atoms with Crippen molar-refractivity contribution in [3.05, 3.63) is 70.3 Å². The summed E-state index contributed by atoms with van der Waals surface area (Å²) in [6.45, 7) is 9.17. The summed E-state index contributed by atoms with van der Waals surface area (Å²) in [5.41, 5.74) is 1.58. The molecular formula is C22H25N3O3. The van der Waals surface area contributed by atoms with Crippen LogP contribution in [-0.2, 0) is 4.74 Å². The number of hydrogen-bond acceptors (Lipinski definition) is 4. The van der Waals surface area contributed by atoms with Crippen molar-refractivity contribution in [1.82, 2.24) is 14.9 Å². The van der Waals surface area contributed by atoms with Gasteiger partial charge in [0.15, 0.2) is 0 Å². The zero-order valence-electron chi connectivity index (χ0n) is 16.8. The van der Waals surface area contributed by atoms with Gasteiger partial charge in [-0.1, -0.05) is 29.8 Å². The summed E-state index contributed by atoms with van der Waals surface area (Å²) >= 11 is 0. The predicted octanol–water partition coefficient (Wildman–Crippen LogP) is 4.28. The number of hydrogen-bond donors (Lipinski definition) is 1. The Bertz CT molecular complexity index is 1060. The summed E-state index contributed by atoms with van der Waals surface area (Å²) in [6, 6.07) is 14.3. The monoisotopic (exact) mass is 379 g/mol. The van der Waals surface area contributed by atoms with Crippen LogP contribution in [0.25, 0.3) is 16.6 Å². The number of fused-ring (bicyclic) bond motifs is 1. The van der Waals surface area contributed by atoms with Crippen LogP contribution in [0.2, 0.25) is 0 Å². The average Bonchev–Trinajstić information content (AvgIpc) is 2.61. The second kappa shape index (κ2) is 7.46. The molecule has 0 aliphatic rings. The Kier molecular flexibility index (Phi) is 5.23. The third-order valence-electron chi connectivity index (χ3n) is 4.21. The van der Waals surface area contributed by atoms with E-state index in [2.05, 4.69) is 10.3 Å². The lowest BCUT2D eigenvalue weighted by atomic mass is 10.2. The molecule has 0 aliphatic carbocycles. The highest BCUT2D eigenvalue weighted by Crippen LogP contribution is 2.19. The standard InChI is InChI=1S/C22H25N3O3/c1-14-10-12-16(13-11-14)25-19(15(2)23-21(27)28-22(3,4)5)24-18-9-7-6-8-17(18)20(25)26/h6-13,15H,1-5H3,(H,23,27)/t15-/m0/s1. The van der Waals surface area contributed by atoms with E-state index in [1.165, 1.54) is 0 Å². The molecule has 0 saturated heterocycles. The summed E-state index contributed by atoms with van der Waals surface area (Å²) in [4.78, 5) is 30.1. The number of carbonyl (C=O) groups excluding carboxylic acids is 1. The van der Waals surface area contributed by atoms with Gasteiger partial charge < -0.3 is 10.1 Å². The lowest BCUT2D eigenvalue weighted by Gasteiger charge is -2.23. The van der Waals surface area contributed by atoms with Crippen LogP contribution in [-0.4, -0.2) is 21.2 Å². The van der Waals surface area contributed by atoms with Gasteiger partial charge in [-0.05, 0) is 58.9 Å². The van der Waals surface area contributed by atoms with Crippen molar-refractivity contribution in [1.29, 1.82) is 0 Å². The number of carbonyl (C=O) groups is 1. The summed E-state index contributed by atoms with van der Waals surface area (Å²) < 4.78 is 6.89. The molecule has 0 unspecified atom stereocenters. The number of para-hydroxylation sites is 1. The maximum absolute atomic E-state index is 13.2. The van der Waals surface area contributed by atoms with Crippen molar-refractivity contribution in [3.8, 4) is 5.69 Å². The molecule has 1 atom stereocenters. The third kappa shape index (κ3) is 4.22. The smallest absolute Gasteiger partial charge is 0.408 e. The first-order valence-corrected chi connectivity index (χ1v) is 9.24. The molecule has 0 bridgehead atoms. The Hall–Kier alpha value is -3.15. The number of aromatic nitrogens is 2. The van der Waals surface area contributed by atoms with Gasteiger partial charge in [-0.15, -0.1) is 0 Å². The van der Waals surface area contributed by atoms with Crippen molar-refractivity contribution >= 4 is 17.0 Å². The van der Waals surface area contributed by atoms with E-state index in [1.807, 2.05) is 43.3 Å². The first kappa shape index (κ1) is 19.6.